The number of para-hydroxylation sites is 1. The molecular weight excluding hydrogens is 256 g/mol. The largest absolute Gasteiger partial charge is 0.378 e. The van der Waals surface area contributed by atoms with E-state index >= 15 is 0 Å². The molecule has 0 N–H and O–H groups in total. The molecule has 0 aliphatic rings. The third kappa shape index (κ3) is 2.95. The number of anilines is 1. The van der Waals surface area contributed by atoms with Crippen LogP contribution in [0.1, 0.15) is 11.1 Å². The highest BCUT2D eigenvalue weighted by molar-refractivity contribution is 5.90. The van der Waals surface area contributed by atoms with Gasteiger partial charge in [0.05, 0.1) is 5.52 Å². The fourth-order valence-corrected chi connectivity index (χ4v) is 2.33. The van der Waals surface area contributed by atoms with Crippen molar-refractivity contribution in [3.63, 3.8) is 0 Å². The molecule has 0 aliphatic carbocycles. The van der Waals surface area contributed by atoms with Crippen molar-refractivity contribution in [1.29, 1.82) is 0 Å². The molecule has 0 aliphatic heterocycles. The zero-order chi connectivity index (χ0) is 14.7. The number of hydrogen-bond donors (Lipinski definition) is 0. The molecule has 0 unspecified atom stereocenters. The summed E-state index contributed by atoms with van der Waals surface area (Å²) in [6, 6.07) is 18.8. The second-order valence-electron chi connectivity index (χ2n) is 5.24. The topological polar surface area (TPSA) is 16.1 Å². The van der Waals surface area contributed by atoms with E-state index in [2.05, 4.69) is 52.4 Å². The van der Waals surface area contributed by atoms with Crippen LogP contribution in [0.25, 0.3) is 23.1 Å². The molecule has 2 aromatic carbocycles. The van der Waals surface area contributed by atoms with Crippen LogP contribution < -0.4 is 4.90 Å². The Morgan fingerprint density at radius 3 is 2.38 bits per heavy atom. The molecule has 0 saturated carbocycles. The van der Waals surface area contributed by atoms with Gasteiger partial charge >= 0.3 is 0 Å². The molecule has 3 rings (SSSR count). The second kappa shape index (κ2) is 5.80. The summed E-state index contributed by atoms with van der Waals surface area (Å²) in [4.78, 5) is 6.49. The van der Waals surface area contributed by atoms with Crippen LogP contribution in [0, 0.1) is 0 Å². The molecule has 21 heavy (non-hydrogen) atoms. The molecule has 0 bridgehead atoms. The molecular formula is C19H18N2. The highest BCUT2D eigenvalue weighted by Crippen LogP contribution is 2.19. The van der Waals surface area contributed by atoms with Gasteiger partial charge in [0.15, 0.2) is 0 Å². The summed E-state index contributed by atoms with van der Waals surface area (Å²) in [6.45, 7) is 0. The Bertz CT molecular complexity index is 766. The first-order chi connectivity index (χ1) is 10.2. The van der Waals surface area contributed by atoms with Gasteiger partial charge in [-0.2, -0.15) is 0 Å². The van der Waals surface area contributed by atoms with Crippen LogP contribution in [0.2, 0.25) is 0 Å². The maximum Gasteiger partial charge on any atom is 0.0707 e. The lowest BCUT2D eigenvalue weighted by Gasteiger charge is -2.11. The number of aromatic nitrogens is 1. The van der Waals surface area contributed by atoms with E-state index in [1.807, 2.05) is 44.6 Å². The lowest BCUT2D eigenvalue weighted by Crippen LogP contribution is -2.07. The summed E-state index contributed by atoms with van der Waals surface area (Å²) < 4.78 is 0. The molecule has 0 amide bonds. The van der Waals surface area contributed by atoms with E-state index in [0.29, 0.717) is 0 Å². The van der Waals surface area contributed by atoms with Gasteiger partial charge in [0.25, 0.3) is 0 Å². The van der Waals surface area contributed by atoms with Gasteiger partial charge in [-0.05, 0) is 35.4 Å². The monoisotopic (exact) mass is 274 g/mol. The minimum Gasteiger partial charge on any atom is -0.378 e. The molecule has 1 aromatic heterocycles. The first kappa shape index (κ1) is 13.4. The maximum absolute atomic E-state index is 4.39. The first-order valence-electron chi connectivity index (χ1n) is 7.03. The number of fused-ring (bicyclic) bond motifs is 1. The first-order valence-corrected chi connectivity index (χ1v) is 7.03. The minimum atomic E-state index is 1.03. The van der Waals surface area contributed by atoms with Crippen LogP contribution in [0.5, 0.6) is 0 Å². The zero-order valence-electron chi connectivity index (χ0n) is 12.3. The molecule has 0 spiro atoms. The van der Waals surface area contributed by atoms with Crippen molar-refractivity contribution in [3.8, 4) is 0 Å². The van der Waals surface area contributed by atoms with Crippen LogP contribution >= 0.6 is 0 Å². The molecule has 1 heterocycles. The van der Waals surface area contributed by atoms with Crippen molar-refractivity contribution < 1.29 is 0 Å². The Hall–Kier alpha value is -2.61. The van der Waals surface area contributed by atoms with Crippen molar-refractivity contribution in [3.05, 3.63) is 71.9 Å². The highest BCUT2D eigenvalue weighted by Gasteiger charge is 1.98. The SMILES string of the molecule is CN(C)c1ccc(C=Cc2ccnc3ccccc23)cc1. The molecule has 0 fully saturated rings. The van der Waals surface area contributed by atoms with E-state index < -0.39 is 0 Å². The normalized spacial score (nSPS) is 11.1. The predicted octanol–water partition coefficient (Wildman–Crippen LogP) is 4.47. The highest BCUT2D eigenvalue weighted by atomic mass is 15.1. The van der Waals surface area contributed by atoms with Crippen molar-refractivity contribution in [2.75, 3.05) is 19.0 Å². The van der Waals surface area contributed by atoms with Crippen molar-refractivity contribution in [1.82, 2.24) is 4.98 Å². The van der Waals surface area contributed by atoms with Crippen molar-refractivity contribution in [2.24, 2.45) is 0 Å². The standard InChI is InChI=1S/C19H18N2/c1-21(2)17-11-8-15(9-12-17)7-10-16-13-14-20-19-6-4-3-5-18(16)19/h3-14H,1-2H3. The van der Waals surface area contributed by atoms with Crippen LogP contribution in [0.4, 0.5) is 5.69 Å². The van der Waals surface area contributed by atoms with Crippen molar-refractivity contribution >= 4 is 28.7 Å². The summed E-state index contributed by atoms with van der Waals surface area (Å²) in [6.07, 6.45) is 6.15. The van der Waals surface area contributed by atoms with Crippen LogP contribution in [0.15, 0.2) is 60.8 Å². The number of pyridine rings is 1. The number of rotatable bonds is 3. The smallest absolute Gasteiger partial charge is 0.0707 e. The second-order valence-corrected chi connectivity index (χ2v) is 5.24. The Morgan fingerprint density at radius 2 is 1.62 bits per heavy atom. The van der Waals surface area contributed by atoms with E-state index in [4.69, 9.17) is 0 Å². The van der Waals surface area contributed by atoms with Crippen LogP contribution in [0.3, 0.4) is 0 Å². The van der Waals surface area contributed by atoms with Gasteiger partial charge in [0.2, 0.25) is 0 Å². The summed E-state index contributed by atoms with van der Waals surface area (Å²) in [7, 11) is 4.10. The van der Waals surface area contributed by atoms with E-state index in [0.717, 1.165) is 5.52 Å². The maximum atomic E-state index is 4.39. The van der Waals surface area contributed by atoms with E-state index in [-0.39, 0.29) is 0 Å². The Labute approximate surface area is 125 Å². The fraction of sp³-hybridized carbons (Fsp3) is 0.105. The zero-order valence-corrected chi connectivity index (χ0v) is 12.3. The molecule has 2 nitrogen and oxygen atoms in total. The number of nitrogens with zero attached hydrogens (tertiary/aromatic N) is 2. The summed E-state index contributed by atoms with van der Waals surface area (Å²) in [5.41, 5.74) is 4.63. The summed E-state index contributed by atoms with van der Waals surface area (Å²) in [5, 5.41) is 1.18. The van der Waals surface area contributed by atoms with Gasteiger partial charge in [-0.15, -0.1) is 0 Å². The molecule has 3 aromatic rings. The summed E-state index contributed by atoms with van der Waals surface area (Å²) >= 11 is 0. The predicted molar refractivity (Wildman–Crippen MR) is 91.4 cm³/mol. The fourth-order valence-electron chi connectivity index (χ4n) is 2.33. The molecule has 0 radical (unpaired) electrons. The third-order valence-electron chi connectivity index (χ3n) is 3.55. The molecule has 0 saturated heterocycles. The number of hydrogen-bond acceptors (Lipinski definition) is 2. The summed E-state index contributed by atoms with van der Waals surface area (Å²) in [5.74, 6) is 0. The van der Waals surface area contributed by atoms with Gasteiger partial charge in [-0.1, -0.05) is 42.5 Å². The quantitative estimate of drug-likeness (QED) is 0.700. The molecule has 104 valence electrons. The third-order valence-corrected chi connectivity index (χ3v) is 3.55. The lowest BCUT2D eigenvalue weighted by molar-refractivity contribution is 1.13. The lowest BCUT2D eigenvalue weighted by atomic mass is 10.1. The van der Waals surface area contributed by atoms with Gasteiger partial charge in [0.1, 0.15) is 0 Å². The van der Waals surface area contributed by atoms with Crippen molar-refractivity contribution in [2.45, 2.75) is 0 Å². The van der Waals surface area contributed by atoms with Crippen LogP contribution in [-0.2, 0) is 0 Å². The Morgan fingerprint density at radius 1 is 0.857 bits per heavy atom. The number of benzene rings is 2. The molecule has 0 atom stereocenters. The van der Waals surface area contributed by atoms with E-state index in [1.54, 1.807) is 0 Å². The van der Waals surface area contributed by atoms with Crippen LogP contribution in [-0.4, -0.2) is 19.1 Å². The van der Waals surface area contributed by atoms with E-state index in [9.17, 15) is 0 Å². The average molecular weight is 274 g/mol. The van der Waals surface area contributed by atoms with Gasteiger partial charge < -0.3 is 4.90 Å². The van der Waals surface area contributed by atoms with Gasteiger partial charge in [0, 0.05) is 31.4 Å². The minimum absolute atomic E-state index is 1.03. The Kier molecular flexibility index (Phi) is 3.69. The Balaban J connectivity index is 1.91. The molecule has 2 heteroatoms. The van der Waals surface area contributed by atoms with E-state index in [1.165, 1.54) is 22.2 Å². The van der Waals surface area contributed by atoms with Gasteiger partial charge in [-0.25, -0.2) is 0 Å². The average Bonchev–Trinajstić information content (AvgIpc) is 2.53. The van der Waals surface area contributed by atoms with Gasteiger partial charge in [-0.3, -0.25) is 4.98 Å².